The van der Waals surface area contributed by atoms with Gasteiger partial charge in [-0.25, -0.2) is 13.2 Å². The molecule has 0 spiro atoms. The van der Waals surface area contributed by atoms with Gasteiger partial charge in [0.1, 0.15) is 5.76 Å². The van der Waals surface area contributed by atoms with Crippen molar-refractivity contribution in [2.24, 2.45) is 7.05 Å². The minimum atomic E-state index is -4.01. The highest BCUT2D eigenvalue weighted by Crippen LogP contribution is 2.18. The number of hydrogen-bond acceptors (Lipinski definition) is 7. The highest BCUT2D eigenvalue weighted by Gasteiger charge is 2.23. The van der Waals surface area contributed by atoms with Crippen LogP contribution in [0.4, 0.5) is 5.82 Å². The van der Waals surface area contributed by atoms with E-state index in [-0.39, 0.29) is 16.3 Å². The van der Waals surface area contributed by atoms with Gasteiger partial charge < -0.3 is 14.3 Å². The Kier molecular flexibility index (Phi) is 4.42. The molecule has 138 valence electrons. The predicted molar refractivity (Wildman–Crippen MR) is 91.1 cm³/mol. The molecule has 2 N–H and O–H groups in total. The highest BCUT2D eigenvalue weighted by atomic mass is 32.2. The number of carbonyl (C=O) groups excluding carboxylic acids is 1. The topological polar surface area (TPSA) is 136 Å². The van der Waals surface area contributed by atoms with Crippen molar-refractivity contribution in [3.8, 4) is 0 Å². The van der Waals surface area contributed by atoms with Gasteiger partial charge in [0, 0.05) is 19.2 Å². The number of nitrogens with zero attached hydrogens (tertiary/aromatic N) is 2. The molecule has 3 aromatic rings. The number of rotatable bonds is 5. The monoisotopic (exact) mass is 380 g/mol. The summed E-state index contributed by atoms with van der Waals surface area (Å²) in [4.78, 5) is 23.5. The number of benzene rings is 1. The van der Waals surface area contributed by atoms with E-state index in [1.807, 2.05) is 0 Å². The van der Waals surface area contributed by atoms with Crippen LogP contribution >= 0.6 is 0 Å². The first-order valence-electron chi connectivity index (χ1n) is 7.53. The van der Waals surface area contributed by atoms with Crippen LogP contribution in [0.25, 0.3) is 11.1 Å². The van der Waals surface area contributed by atoms with E-state index in [2.05, 4.69) is 15.2 Å². The van der Waals surface area contributed by atoms with Gasteiger partial charge >= 0.3 is 5.76 Å². The molecule has 11 heteroatoms. The van der Waals surface area contributed by atoms with E-state index in [0.29, 0.717) is 11.3 Å². The summed E-state index contributed by atoms with van der Waals surface area (Å²) < 4.78 is 38.3. The Bertz CT molecular complexity index is 1140. The number of aromatic nitrogens is 2. The number of amides is 1. The number of sulfonamides is 1. The molecule has 1 atom stereocenters. The van der Waals surface area contributed by atoms with Crippen molar-refractivity contribution in [2.45, 2.75) is 24.8 Å². The number of carbonyl (C=O) groups is 1. The molecule has 1 amide bonds. The predicted octanol–water partition coefficient (Wildman–Crippen LogP) is 0.733. The fourth-order valence-electron chi connectivity index (χ4n) is 2.30. The molecule has 0 aliphatic rings. The van der Waals surface area contributed by atoms with E-state index in [9.17, 15) is 18.0 Å². The van der Waals surface area contributed by atoms with Crippen LogP contribution in [0, 0.1) is 6.92 Å². The molecule has 1 aromatic carbocycles. The summed E-state index contributed by atoms with van der Waals surface area (Å²) in [5, 5.41) is 6.05. The van der Waals surface area contributed by atoms with Gasteiger partial charge in [-0.1, -0.05) is 5.16 Å². The molecule has 0 unspecified atom stereocenters. The molecule has 26 heavy (non-hydrogen) atoms. The zero-order valence-electron chi connectivity index (χ0n) is 14.1. The van der Waals surface area contributed by atoms with Crippen molar-refractivity contribution in [1.29, 1.82) is 0 Å². The Morgan fingerprint density at radius 2 is 2.04 bits per heavy atom. The van der Waals surface area contributed by atoms with E-state index in [1.54, 1.807) is 6.92 Å². The van der Waals surface area contributed by atoms with E-state index >= 15 is 0 Å². The Labute approximate surface area is 147 Å². The highest BCUT2D eigenvalue weighted by molar-refractivity contribution is 7.89. The Morgan fingerprint density at radius 1 is 1.31 bits per heavy atom. The molecule has 2 heterocycles. The average molecular weight is 380 g/mol. The first-order chi connectivity index (χ1) is 12.2. The number of hydrogen-bond donors (Lipinski definition) is 2. The van der Waals surface area contributed by atoms with Gasteiger partial charge in [-0.2, -0.15) is 4.72 Å². The lowest BCUT2D eigenvalue weighted by atomic mass is 10.3. The molecule has 2 aromatic heterocycles. The van der Waals surface area contributed by atoms with Gasteiger partial charge in [0.05, 0.1) is 16.5 Å². The van der Waals surface area contributed by atoms with E-state index in [0.717, 1.165) is 0 Å². The maximum absolute atomic E-state index is 12.5. The minimum absolute atomic E-state index is 0.128. The second-order valence-electron chi connectivity index (χ2n) is 5.71. The summed E-state index contributed by atoms with van der Waals surface area (Å²) >= 11 is 0. The summed E-state index contributed by atoms with van der Waals surface area (Å²) in [5.74, 6) is -0.510. The zero-order valence-corrected chi connectivity index (χ0v) is 15.0. The van der Waals surface area contributed by atoms with Crippen LogP contribution in [0.2, 0.25) is 0 Å². The molecular formula is C15H16N4O6S. The fraction of sp³-hybridized carbons (Fsp3) is 0.267. The minimum Gasteiger partial charge on any atom is -0.408 e. The SMILES string of the molecule is Cc1cc(NC(=O)[C@H](C)NS(=O)(=O)c2ccc3c(c2)oc(=O)n3C)no1. The summed E-state index contributed by atoms with van der Waals surface area (Å²) in [6.07, 6.45) is 0. The fourth-order valence-corrected chi connectivity index (χ4v) is 3.51. The number of nitrogens with one attached hydrogen (secondary N) is 2. The third kappa shape index (κ3) is 3.39. The van der Waals surface area contributed by atoms with E-state index in [4.69, 9.17) is 8.94 Å². The smallest absolute Gasteiger partial charge is 0.408 e. The van der Waals surface area contributed by atoms with E-state index < -0.39 is 27.7 Å². The lowest BCUT2D eigenvalue weighted by molar-refractivity contribution is -0.117. The standard InChI is InChI=1S/C15H16N4O6S/c1-8-6-13(17-25-8)16-14(20)9(2)18-26(22,23)10-4-5-11-12(7-10)24-15(21)19(11)3/h4-7,9,18H,1-3H3,(H,16,17,20)/t9-/m0/s1. The Morgan fingerprint density at radius 3 is 2.69 bits per heavy atom. The quantitative estimate of drug-likeness (QED) is 0.666. The van der Waals surface area contributed by atoms with Crippen molar-refractivity contribution >= 4 is 32.8 Å². The molecule has 0 aliphatic heterocycles. The molecule has 0 saturated carbocycles. The molecule has 0 fully saturated rings. The number of fused-ring (bicyclic) bond motifs is 1. The lowest BCUT2D eigenvalue weighted by Gasteiger charge is -2.13. The van der Waals surface area contributed by atoms with Crippen molar-refractivity contribution in [2.75, 3.05) is 5.32 Å². The first kappa shape index (κ1) is 17.9. The van der Waals surface area contributed by atoms with Crippen LogP contribution in [0.1, 0.15) is 12.7 Å². The third-order valence-corrected chi connectivity index (χ3v) is 5.22. The summed E-state index contributed by atoms with van der Waals surface area (Å²) in [5.41, 5.74) is 0.594. The maximum Gasteiger partial charge on any atom is 0.419 e. The third-order valence-electron chi connectivity index (χ3n) is 3.68. The van der Waals surface area contributed by atoms with E-state index in [1.165, 1.54) is 42.8 Å². The van der Waals surface area contributed by atoms with Crippen LogP contribution in [-0.4, -0.2) is 30.1 Å². The summed E-state index contributed by atoms with van der Waals surface area (Å²) in [6, 6.07) is 4.44. The largest absolute Gasteiger partial charge is 0.419 e. The second-order valence-corrected chi connectivity index (χ2v) is 7.43. The number of oxazole rings is 1. The lowest BCUT2D eigenvalue weighted by Crippen LogP contribution is -2.41. The van der Waals surface area contributed by atoms with Gasteiger partial charge in [0.2, 0.25) is 15.9 Å². The second kappa shape index (κ2) is 6.42. The average Bonchev–Trinajstić information content (AvgIpc) is 3.10. The van der Waals surface area contributed by atoms with Gasteiger partial charge in [0.25, 0.3) is 0 Å². The van der Waals surface area contributed by atoms with Crippen molar-refractivity contribution in [3.63, 3.8) is 0 Å². The molecular weight excluding hydrogens is 364 g/mol. The van der Waals surface area contributed by atoms with Crippen molar-refractivity contribution in [3.05, 3.63) is 40.6 Å². The Hall–Kier alpha value is -2.92. The molecule has 3 rings (SSSR count). The normalized spacial score (nSPS) is 13.0. The molecule has 0 radical (unpaired) electrons. The maximum atomic E-state index is 12.5. The molecule has 10 nitrogen and oxygen atoms in total. The van der Waals surface area contributed by atoms with Crippen LogP contribution in [0.15, 0.2) is 42.9 Å². The van der Waals surface area contributed by atoms with Gasteiger partial charge in [-0.15, -0.1) is 0 Å². The molecule has 0 aliphatic carbocycles. The molecule has 0 bridgehead atoms. The molecule has 0 saturated heterocycles. The number of aryl methyl sites for hydroxylation is 2. The van der Waals surface area contributed by atoms with Gasteiger partial charge in [-0.3, -0.25) is 9.36 Å². The van der Waals surface area contributed by atoms with Gasteiger partial charge in [-0.05, 0) is 26.0 Å². The van der Waals surface area contributed by atoms with Crippen LogP contribution in [-0.2, 0) is 21.9 Å². The first-order valence-corrected chi connectivity index (χ1v) is 9.02. The van der Waals surface area contributed by atoms with Gasteiger partial charge in [0.15, 0.2) is 11.4 Å². The summed E-state index contributed by atoms with van der Waals surface area (Å²) in [7, 11) is -2.50. The zero-order chi connectivity index (χ0) is 19.1. The van der Waals surface area contributed by atoms with Crippen LogP contribution in [0.5, 0.6) is 0 Å². The van der Waals surface area contributed by atoms with Crippen LogP contribution < -0.4 is 15.8 Å². The van der Waals surface area contributed by atoms with Crippen molar-refractivity contribution in [1.82, 2.24) is 14.4 Å². The van der Waals surface area contributed by atoms with Crippen LogP contribution in [0.3, 0.4) is 0 Å². The van der Waals surface area contributed by atoms with Crippen molar-refractivity contribution < 1.29 is 22.2 Å². The number of anilines is 1. The Balaban J connectivity index is 1.79. The summed E-state index contributed by atoms with van der Waals surface area (Å²) in [6.45, 7) is 3.05.